The van der Waals surface area contributed by atoms with Gasteiger partial charge in [-0.25, -0.2) is 0 Å². The summed E-state index contributed by atoms with van der Waals surface area (Å²) in [5.41, 5.74) is -0.112. The summed E-state index contributed by atoms with van der Waals surface area (Å²) in [5, 5.41) is 12.2. The highest BCUT2D eigenvalue weighted by atomic mass is 16.3. The minimum absolute atomic E-state index is 0.107. The molecular formula is C13H17NO4. The molecule has 0 fully saturated rings. The van der Waals surface area contributed by atoms with Crippen LogP contribution in [0.2, 0.25) is 0 Å². The zero-order valence-electron chi connectivity index (χ0n) is 10.7. The van der Waals surface area contributed by atoms with E-state index < -0.39 is 17.0 Å². The summed E-state index contributed by atoms with van der Waals surface area (Å²) in [6, 6.07) is 0. The van der Waals surface area contributed by atoms with Crippen LogP contribution in [0.15, 0.2) is 23.5 Å². The lowest BCUT2D eigenvalue weighted by Crippen LogP contribution is -2.35. The van der Waals surface area contributed by atoms with Gasteiger partial charge in [-0.1, -0.05) is 20.8 Å². The van der Waals surface area contributed by atoms with Gasteiger partial charge in [0, 0.05) is 18.0 Å². The SMILES string of the molecule is CC(C)(C)C(=O)NCCC1=CC(=O)C(=O)C=C1O. The number of ketones is 2. The molecule has 0 saturated carbocycles. The van der Waals surface area contributed by atoms with Crippen LogP contribution in [0, 0.1) is 5.41 Å². The molecule has 1 amide bonds. The van der Waals surface area contributed by atoms with Crippen LogP contribution in [0.25, 0.3) is 0 Å². The highest BCUT2D eigenvalue weighted by molar-refractivity contribution is 6.46. The first kappa shape index (κ1) is 14.2. The summed E-state index contributed by atoms with van der Waals surface area (Å²) in [5.74, 6) is -1.69. The van der Waals surface area contributed by atoms with Gasteiger partial charge in [0.05, 0.1) is 0 Å². The molecule has 5 nitrogen and oxygen atoms in total. The predicted molar refractivity (Wildman–Crippen MR) is 65.9 cm³/mol. The second-order valence-corrected chi connectivity index (χ2v) is 5.18. The van der Waals surface area contributed by atoms with Crippen LogP contribution in [0.1, 0.15) is 27.2 Å². The Hall–Kier alpha value is -1.91. The maximum atomic E-state index is 11.6. The summed E-state index contributed by atoms with van der Waals surface area (Å²) in [7, 11) is 0. The third kappa shape index (κ3) is 3.55. The molecule has 0 spiro atoms. The minimum atomic E-state index is -0.727. The van der Waals surface area contributed by atoms with Crippen molar-refractivity contribution in [3.63, 3.8) is 0 Å². The van der Waals surface area contributed by atoms with Crippen LogP contribution in [0.5, 0.6) is 0 Å². The fraction of sp³-hybridized carbons (Fsp3) is 0.462. The molecule has 1 rings (SSSR count). The van der Waals surface area contributed by atoms with E-state index >= 15 is 0 Å². The van der Waals surface area contributed by atoms with E-state index in [2.05, 4.69) is 5.32 Å². The molecule has 1 aliphatic rings. The third-order valence-electron chi connectivity index (χ3n) is 2.51. The number of aliphatic hydroxyl groups is 1. The molecule has 2 N–H and O–H groups in total. The predicted octanol–water partition coefficient (Wildman–Crippen LogP) is 1.06. The van der Waals surface area contributed by atoms with Gasteiger partial charge in [0.15, 0.2) is 0 Å². The topological polar surface area (TPSA) is 83.5 Å². The van der Waals surface area contributed by atoms with Crippen molar-refractivity contribution in [1.29, 1.82) is 0 Å². The molecule has 0 aromatic carbocycles. The van der Waals surface area contributed by atoms with Gasteiger partial charge >= 0.3 is 0 Å². The molecule has 18 heavy (non-hydrogen) atoms. The van der Waals surface area contributed by atoms with Crippen LogP contribution in [-0.4, -0.2) is 29.1 Å². The van der Waals surface area contributed by atoms with Gasteiger partial charge in [0.2, 0.25) is 17.5 Å². The molecule has 0 aliphatic heterocycles. The average Bonchev–Trinajstić information content (AvgIpc) is 2.23. The Bertz CT molecular complexity index is 452. The van der Waals surface area contributed by atoms with Gasteiger partial charge in [-0.05, 0) is 18.1 Å². The number of allylic oxidation sites excluding steroid dienone is 3. The molecule has 1 aliphatic carbocycles. The number of rotatable bonds is 3. The number of aliphatic hydroxyl groups excluding tert-OH is 1. The van der Waals surface area contributed by atoms with Crippen molar-refractivity contribution in [2.45, 2.75) is 27.2 Å². The lowest BCUT2D eigenvalue weighted by molar-refractivity contribution is -0.131. The van der Waals surface area contributed by atoms with Crippen LogP contribution in [0.3, 0.4) is 0 Å². The summed E-state index contributed by atoms with van der Waals surface area (Å²) < 4.78 is 0. The number of hydrogen-bond acceptors (Lipinski definition) is 4. The first-order valence-corrected chi connectivity index (χ1v) is 5.70. The monoisotopic (exact) mass is 251 g/mol. The number of nitrogens with one attached hydrogen (secondary N) is 1. The lowest BCUT2D eigenvalue weighted by Gasteiger charge is -2.18. The van der Waals surface area contributed by atoms with Crippen molar-refractivity contribution in [1.82, 2.24) is 5.32 Å². The molecule has 98 valence electrons. The highest BCUT2D eigenvalue weighted by Crippen LogP contribution is 2.16. The summed E-state index contributed by atoms with van der Waals surface area (Å²) in [4.78, 5) is 33.7. The van der Waals surface area contributed by atoms with Crippen LogP contribution >= 0.6 is 0 Å². The second-order valence-electron chi connectivity index (χ2n) is 5.18. The van der Waals surface area contributed by atoms with E-state index in [1.807, 2.05) is 0 Å². The standard InChI is InChI=1S/C13H17NO4/c1-13(2,3)12(18)14-5-4-8-6-10(16)11(17)7-9(8)15/h6-7,15H,4-5H2,1-3H3,(H,14,18). The Morgan fingerprint density at radius 2 is 1.78 bits per heavy atom. The Balaban J connectivity index is 2.53. The van der Waals surface area contributed by atoms with E-state index in [1.165, 1.54) is 0 Å². The third-order valence-corrected chi connectivity index (χ3v) is 2.51. The smallest absolute Gasteiger partial charge is 0.229 e. The van der Waals surface area contributed by atoms with Gasteiger partial charge in [-0.2, -0.15) is 0 Å². The van der Waals surface area contributed by atoms with E-state index in [4.69, 9.17) is 0 Å². The summed E-state index contributed by atoms with van der Waals surface area (Å²) in [6.07, 6.45) is 2.33. The Labute approximate surface area is 106 Å². The lowest BCUT2D eigenvalue weighted by atomic mass is 9.95. The number of carbonyl (C=O) groups is 3. The van der Waals surface area contributed by atoms with Crippen molar-refractivity contribution in [2.75, 3.05) is 6.54 Å². The molecule has 5 heteroatoms. The van der Waals surface area contributed by atoms with Gasteiger partial charge in [0.25, 0.3) is 0 Å². The van der Waals surface area contributed by atoms with E-state index in [0.29, 0.717) is 18.5 Å². The summed E-state index contributed by atoms with van der Waals surface area (Å²) >= 11 is 0. The molecule has 0 atom stereocenters. The number of hydrogen-bond donors (Lipinski definition) is 2. The molecule has 0 saturated heterocycles. The van der Waals surface area contributed by atoms with Crippen LogP contribution in [-0.2, 0) is 14.4 Å². The largest absolute Gasteiger partial charge is 0.508 e. The van der Waals surface area contributed by atoms with Crippen molar-refractivity contribution in [3.8, 4) is 0 Å². The van der Waals surface area contributed by atoms with Gasteiger partial charge in [-0.15, -0.1) is 0 Å². The van der Waals surface area contributed by atoms with Crippen LogP contribution < -0.4 is 5.32 Å². The maximum Gasteiger partial charge on any atom is 0.229 e. The molecule has 0 unspecified atom stereocenters. The van der Waals surface area contributed by atoms with E-state index in [0.717, 1.165) is 12.2 Å². The highest BCUT2D eigenvalue weighted by Gasteiger charge is 2.22. The minimum Gasteiger partial charge on any atom is -0.508 e. The number of carbonyl (C=O) groups excluding carboxylic acids is 3. The zero-order valence-corrected chi connectivity index (χ0v) is 10.7. The molecule has 0 heterocycles. The van der Waals surface area contributed by atoms with E-state index in [-0.39, 0.29) is 11.7 Å². The fourth-order valence-corrected chi connectivity index (χ4v) is 1.37. The number of amides is 1. The second kappa shape index (κ2) is 5.16. The molecule has 0 radical (unpaired) electrons. The van der Waals surface area contributed by atoms with Gasteiger partial charge in [0.1, 0.15) is 5.76 Å². The first-order valence-electron chi connectivity index (χ1n) is 5.70. The average molecular weight is 251 g/mol. The van der Waals surface area contributed by atoms with E-state index in [9.17, 15) is 19.5 Å². The summed E-state index contributed by atoms with van der Waals surface area (Å²) in [6.45, 7) is 5.69. The van der Waals surface area contributed by atoms with Crippen molar-refractivity contribution in [2.24, 2.45) is 5.41 Å². The Morgan fingerprint density at radius 3 is 2.33 bits per heavy atom. The fourth-order valence-electron chi connectivity index (χ4n) is 1.37. The van der Waals surface area contributed by atoms with E-state index in [1.54, 1.807) is 20.8 Å². The molecule has 0 aromatic rings. The zero-order chi connectivity index (χ0) is 13.9. The van der Waals surface area contributed by atoms with Crippen LogP contribution in [0.4, 0.5) is 0 Å². The van der Waals surface area contributed by atoms with Gasteiger partial charge in [-0.3, -0.25) is 14.4 Å². The Morgan fingerprint density at radius 1 is 1.22 bits per heavy atom. The molecular weight excluding hydrogens is 234 g/mol. The van der Waals surface area contributed by atoms with Crippen molar-refractivity contribution >= 4 is 17.5 Å². The van der Waals surface area contributed by atoms with Gasteiger partial charge < -0.3 is 10.4 Å². The first-order chi connectivity index (χ1) is 8.21. The maximum absolute atomic E-state index is 11.6. The van der Waals surface area contributed by atoms with Crippen molar-refractivity contribution < 1.29 is 19.5 Å². The normalized spacial score (nSPS) is 16.2. The molecule has 0 aromatic heterocycles. The Kier molecular flexibility index (Phi) is 4.06. The quantitative estimate of drug-likeness (QED) is 0.580. The van der Waals surface area contributed by atoms with Crippen molar-refractivity contribution in [3.05, 3.63) is 23.5 Å². The molecule has 0 bridgehead atoms.